The van der Waals surface area contributed by atoms with Crippen LogP contribution in [0, 0.1) is 0 Å². The van der Waals surface area contributed by atoms with Crippen LogP contribution in [0.2, 0.25) is 0 Å². The van der Waals surface area contributed by atoms with Gasteiger partial charge in [0.1, 0.15) is 6.04 Å². The zero-order valence-corrected chi connectivity index (χ0v) is 13.7. The smallest absolute Gasteiger partial charge is 0.325 e. The Balaban J connectivity index is 1.48. The fourth-order valence-electron chi connectivity index (χ4n) is 2.73. The monoisotopic (exact) mass is 340 g/mol. The Kier molecular flexibility index (Phi) is 5.13. The Labute approximate surface area is 145 Å². The number of benzene rings is 1. The number of imide groups is 1. The van der Waals surface area contributed by atoms with Crippen molar-refractivity contribution < 1.29 is 14.4 Å². The van der Waals surface area contributed by atoms with E-state index in [2.05, 4.69) is 10.6 Å². The molecule has 3 rings (SSSR count). The van der Waals surface area contributed by atoms with E-state index in [1.807, 2.05) is 59.4 Å². The molecule has 1 unspecified atom stereocenters. The number of hydrogen-bond acceptors (Lipinski definition) is 3. The maximum absolute atomic E-state index is 12.4. The van der Waals surface area contributed by atoms with Gasteiger partial charge in [0, 0.05) is 25.5 Å². The van der Waals surface area contributed by atoms with Crippen molar-refractivity contribution >= 4 is 17.8 Å². The van der Waals surface area contributed by atoms with E-state index in [1.165, 1.54) is 0 Å². The highest BCUT2D eigenvalue weighted by molar-refractivity contribution is 6.05. The minimum absolute atomic E-state index is 0.0540. The van der Waals surface area contributed by atoms with E-state index in [0.717, 1.165) is 10.5 Å². The summed E-state index contributed by atoms with van der Waals surface area (Å²) in [6.45, 7) is 1.33. The van der Waals surface area contributed by atoms with Gasteiger partial charge in [-0.1, -0.05) is 30.3 Å². The van der Waals surface area contributed by atoms with E-state index >= 15 is 0 Å². The fourth-order valence-corrected chi connectivity index (χ4v) is 2.73. The van der Waals surface area contributed by atoms with Gasteiger partial charge in [-0.25, -0.2) is 4.79 Å². The van der Waals surface area contributed by atoms with Crippen LogP contribution in [0.1, 0.15) is 12.0 Å². The van der Waals surface area contributed by atoms with Crippen LogP contribution in [0.4, 0.5) is 4.79 Å². The van der Waals surface area contributed by atoms with Crippen LogP contribution in [0.25, 0.3) is 0 Å². The molecule has 25 heavy (non-hydrogen) atoms. The van der Waals surface area contributed by atoms with Gasteiger partial charge in [-0.2, -0.15) is 0 Å². The van der Waals surface area contributed by atoms with E-state index in [1.54, 1.807) is 0 Å². The number of nitrogens with one attached hydrogen (secondary N) is 2. The second-order valence-corrected chi connectivity index (χ2v) is 5.89. The summed E-state index contributed by atoms with van der Waals surface area (Å²) in [6.07, 6.45) is 3.77. The SMILES string of the molecule is O=C(CC1NC(=O)N(Cc2ccccc2)C1=O)NCCn1cccc1. The van der Waals surface area contributed by atoms with Crippen LogP contribution in [-0.2, 0) is 22.7 Å². The molecule has 1 aromatic heterocycles. The number of nitrogens with zero attached hydrogens (tertiary/aromatic N) is 2. The summed E-state index contributed by atoms with van der Waals surface area (Å²) in [5.74, 6) is -0.623. The van der Waals surface area contributed by atoms with E-state index in [0.29, 0.717) is 13.1 Å². The van der Waals surface area contributed by atoms with E-state index < -0.39 is 12.1 Å². The van der Waals surface area contributed by atoms with E-state index in [9.17, 15) is 14.4 Å². The van der Waals surface area contributed by atoms with E-state index in [4.69, 9.17) is 0 Å². The molecule has 1 aliphatic rings. The normalized spacial score (nSPS) is 16.8. The summed E-state index contributed by atoms with van der Waals surface area (Å²) in [5.41, 5.74) is 0.864. The predicted molar refractivity (Wildman–Crippen MR) is 91.4 cm³/mol. The van der Waals surface area contributed by atoms with Gasteiger partial charge in [-0.3, -0.25) is 14.5 Å². The van der Waals surface area contributed by atoms with E-state index in [-0.39, 0.29) is 24.8 Å². The highest BCUT2D eigenvalue weighted by atomic mass is 16.2. The Morgan fingerprint density at radius 3 is 2.52 bits per heavy atom. The number of carbonyl (C=O) groups excluding carboxylic acids is 3. The highest BCUT2D eigenvalue weighted by Gasteiger charge is 2.38. The van der Waals surface area contributed by atoms with Gasteiger partial charge in [0.05, 0.1) is 13.0 Å². The van der Waals surface area contributed by atoms with Gasteiger partial charge < -0.3 is 15.2 Å². The summed E-state index contributed by atoms with van der Waals surface area (Å²) in [4.78, 5) is 37.5. The first-order chi connectivity index (χ1) is 12.1. The first-order valence-corrected chi connectivity index (χ1v) is 8.17. The first kappa shape index (κ1) is 16.8. The molecule has 0 spiro atoms. The summed E-state index contributed by atoms with van der Waals surface area (Å²) >= 11 is 0. The molecule has 2 N–H and O–H groups in total. The maximum Gasteiger partial charge on any atom is 0.325 e. The molecular formula is C18H20N4O3. The summed E-state index contributed by atoms with van der Waals surface area (Å²) in [6, 6.07) is 11.8. The number of amides is 4. The van der Waals surface area contributed by atoms with Crippen LogP contribution >= 0.6 is 0 Å². The van der Waals surface area contributed by atoms with Gasteiger partial charge in [-0.15, -0.1) is 0 Å². The van der Waals surface area contributed by atoms with Crippen LogP contribution < -0.4 is 10.6 Å². The standard InChI is InChI=1S/C18H20N4O3/c23-16(19-8-11-21-9-4-5-10-21)12-15-17(24)22(18(25)20-15)13-14-6-2-1-3-7-14/h1-7,9-10,15H,8,11-13H2,(H,19,23)(H,20,25). The molecule has 4 amide bonds. The number of urea groups is 1. The number of aromatic nitrogens is 1. The van der Waals surface area contributed by atoms with Crippen molar-refractivity contribution in [1.29, 1.82) is 0 Å². The third-order valence-corrected chi connectivity index (χ3v) is 4.04. The molecule has 2 aromatic rings. The Morgan fingerprint density at radius 1 is 1.08 bits per heavy atom. The third-order valence-electron chi connectivity index (χ3n) is 4.04. The molecule has 7 nitrogen and oxygen atoms in total. The lowest BCUT2D eigenvalue weighted by Gasteiger charge is -2.13. The van der Waals surface area contributed by atoms with Crippen LogP contribution in [0.15, 0.2) is 54.9 Å². The van der Waals surface area contributed by atoms with Crippen molar-refractivity contribution in [1.82, 2.24) is 20.1 Å². The Hall–Kier alpha value is -3.09. The zero-order valence-electron chi connectivity index (χ0n) is 13.7. The second-order valence-electron chi connectivity index (χ2n) is 5.89. The van der Waals surface area contributed by atoms with Crippen molar-refractivity contribution in [2.75, 3.05) is 6.54 Å². The molecule has 2 heterocycles. The van der Waals surface area contributed by atoms with Crippen molar-refractivity contribution in [2.24, 2.45) is 0 Å². The molecule has 1 aromatic carbocycles. The lowest BCUT2D eigenvalue weighted by atomic mass is 10.1. The molecule has 7 heteroatoms. The lowest BCUT2D eigenvalue weighted by Crippen LogP contribution is -2.37. The minimum Gasteiger partial charge on any atom is -0.354 e. The number of rotatable bonds is 7. The molecule has 1 fully saturated rings. The zero-order chi connectivity index (χ0) is 17.6. The van der Waals surface area contributed by atoms with Gasteiger partial charge in [0.15, 0.2) is 0 Å². The van der Waals surface area contributed by atoms with Crippen LogP contribution in [-0.4, -0.2) is 39.9 Å². The summed E-state index contributed by atoms with van der Waals surface area (Å²) < 4.78 is 1.95. The van der Waals surface area contributed by atoms with Gasteiger partial charge in [0.25, 0.3) is 5.91 Å². The quantitative estimate of drug-likeness (QED) is 0.741. The minimum atomic E-state index is -0.803. The largest absolute Gasteiger partial charge is 0.354 e. The van der Waals surface area contributed by atoms with Crippen molar-refractivity contribution in [3.63, 3.8) is 0 Å². The average molecular weight is 340 g/mol. The molecule has 1 atom stereocenters. The van der Waals surface area contributed by atoms with Crippen molar-refractivity contribution in [3.05, 3.63) is 60.4 Å². The first-order valence-electron chi connectivity index (χ1n) is 8.17. The number of carbonyl (C=O) groups is 3. The molecule has 0 bridgehead atoms. The van der Waals surface area contributed by atoms with Gasteiger partial charge >= 0.3 is 6.03 Å². The lowest BCUT2D eigenvalue weighted by molar-refractivity contribution is -0.131. The molecule has 1 saturated heterocycles. The molecule has 130 valence electrons. The molecule has 1 aliphatic heterocycles. The molecule has 0 saturated carbocycles. The van der Waals surface area contributed by atoms with Gasteiger partial charge in [0.2, 0.25) is 5.91 Å². The van der Waals surface area contributed by atoms with Crippen molar-refractivity contribution in [3.8, 4) is 0 Å². The fraction of sp³-hybridized carbons (Fsp3) is 0.278. The Bertz CT molecular complexity index is 743. The summed E-state index contributed by atoms with van der Waals surface area (Å²) in [7, 11) is 0. The van der Waals surface area contributed by atoms with Crippen LogP contribution in [0.5, 0.6) is 0 Å². The summed E-state index contributed by atoms with van der Waals surface area (Å²) in [5, 5.41) is 5.35. The maximum atomic E-state index is 12.4. The Morgan fingerprint density at radius 2 is 1.80 bits per heavy atom. The van der Waals surface area contributed by atoms with Crippen molar-refractivity contribution in [2.45, 2.75) is 25.6 Å². The average Bonchev–Trinajstić information content (AvgIpc) is 3.20. The predicted octanol–water partition coefficient (Wildman–Crippen LogP) is 1.11. The highest BCUT2D eigenvalue weighted by Crippen LogP contribution is 2.13. The van der Waals surface area contributed by atoms with Crippen LogP contribution in [0.3, 0.4) is 0 Å². The molecule has 0 radical (unpaired) electrons. The van der Waals surface area contributed by atoms with Gasteiger partial charge in [-0.05, 0) is 17.7 Å². The second kappa shape index (κ2) is 7.65. The number of hydrogen-bond donors (Lipinski definition) is 2. The third kappa shape index (κ3) is 4.26. The topological polar surface area (TPSA) is 83.4 Å². The molecular weight excluding hydrogens is 320 g/mol. The molecule has 0 aliphatic carbocycles.